The van der Waals surface area contributed by atoms with Gasteiger partial charge in [-0.25, -0.2) is 0 Å². The van der Waals surface area contributed by atoms with Crippen LogP contribution >= 0.6 is 0 Å². The smallest absolute Gasteiger partial charge is 0.306 e. The standard InChI is InChI=1S/C66H128O6/c1-5-8-10-12-14-16-18-20-22-25-30-34-38-42-46-50-54-58-65(68)71-61-63(60-70-64(67)57-53-49-45-41-37-33-28-21-19-17-15-13-11-9-6-2)72-66(69)59-55-51-47-43-39-35-31-27-24-23-26-29-32-36-40-44-48-52-56-62(4)7-3/h62-63H,5-61H2,1-4H3/t62?,63-/m1/s1. The molecule has 2 atom stereocenters. The molecule has 0 aliphatic heterocycles. The van der Waals surface area contributed by atoms with Crippen molar-refractivity contribution in [1.29, 1.82) is 0 Å². The van der Waals surface area contributed by atoms with Crippen molar-refractivity contribution in [3.63, 3.8) is 0 Å². The average molecular weight is 1020 g/mol. The van der Waals surface area contributed by atoms with Gasteiger partial charge in [0, 0.05) is 19.3 Å². The van der Waals surface area contributed by atoms with Crippen LogP contribution in [-0.4, -0.2) is 37.2 Å². The first-order valence-electron chi connectivity index (χ1n) is 32.9. The van der Waals surface area contributed by atoms with Crippen molar-refractivity contribution < 1.29 is 28.6 Å². The van der Waals surface area contributed by atoms with E-state index in [0.717, 1.165) is 63.7 Å². The highest BCUT2D eigenvalue weighted by Crippen LogP contribution is 2.19. The Morgan fingerprint density at radius 3 is 0.722 bits per heavy atom. The van der Waals surface area contributed by atoms with Gasteiger partial charge in [-0.1, -0.05) is 342 Å². The van der Waals surface area contributed by atoms with E-state index in [1.165, 1.54) is 276 Å². The summed E-state index contributed by atoms with van der Waals surface area (Å²) in [5.74, 6) is 0.0841. The molecule has 0 bridgehead atoms. The van der Waals surface area contributed by atoms with Crippen molar-refractivity contribution in [2.75, 3.05) is 13.2 Å². The van der Waals surface area contributed by atoms with E-state index in [4.69, 9.17) is 14.2 Å². The van der Waals surface area contributed by atoms with Crippen molar-refractivity contribution in [2.45, 2.75) is 387 Å². The Morgan fingerprint density at radius 2 is 0.486 bits per heavy atom. The zero-order valence-electron chi connectivity index (χ0n) is 49.4. The minimum atomic E-state index is -0.763. The van der Waals surface area contributed by atoms with Crippen molar-refractivity contribution in [3.05, 3.63) is 0 Å². The second-order valence-corrected chi connectivity index (χ2v) is 23.0. The van der Waals surface area contributed by atoms with Crippen molar-refractivity contribution in [1.82, 2.24) is 0 Å². The molecule has 0 amide bonds. The normalized spacial score (nSPS) is 12.3. The van der Waals surface area contributed by atoms with Crippen LogP contribution in [0.5, 0.6) is 0 Å². The molecule has 0 aliphatic carbocycles. The lowest BCUT2D eigenvalue weighted by Gasteiger charge is -2.18. The molecule has 428 valence electrons. The topological polar surface area (TPSA) is 78.9 Å². The second-order valence-electron chi connectivity index (χ2n) is 23.0. The summed E-state index contributed by atoms with van der Waals surface area (Å²) in [5.41, 5.74) is 0. The molecule has 0 radical (unpaired) electrons. The third kappa shape index (κ3) is 57.7. The largest absolute Gasteiger partial charge is 0.462 e. The molecule has 0 aromatic carbocycles. The molecule has 72 heavy (non-hydrogen) atoms. The van der Waals surface area contributed by atoms with Crippen molar-refractivity contribution >= 4 is 17.9 Å². The average Bonchev–Trinajstić information content (AvgIpc) is 3.38. The van der Waals surface area contributed by atoms with E-state index in [9.17, 15) is 14.4 Å². The number of carbonyl (C=O) groups is 3. The molecule has 0 aliphatic rings. The highest BCUT2D eigenvalue weighted by atomic mass is 16.6. The molecule has 0 saturated heterocycles. The summed E-state index contributed by atoms with van der Waals surface area (Å²) in [4.78, 5) is 38.3. The van der Waals surface area contributed by atoms with Crippen LogP contribution in [0.4, 0.5) is 0 Å². The van der Waals surface area contributed by atoms with E-state index in [1.54, 1.807) is 0 Å². The summed E-state index contributed by atoms with van der Waals surface area (Å²) < 4.78 is 17.0. The van der Waals surface area contributed by atoms with Gasteiger partial charge in [-0.15, -0.1) is 0 Å². The van der Waals surface area contributed by atoms with Gasteiger partial charge >= 0.3 is 17.9 Å². The van der Waals surface area contributed by atoms with E-state index >= 15 is 0 Å². The maximum Gasteiger partial charge on any atom is 0.306 e. The van der Waals surface area contributed by atoms with Gasteiger partial charge in [0.05, 0.1) is 0 Å². The van der Waals surface area contributed by atoms with E-state index in [-0.39, 0.29) is 31.1 Å². The molecule has 1 unspecified atom stereocenters. The Morgan fingerprint density at radius 1 is 0.278 bits per heavy atom. The minimum absolute atomic E-state index is 0.0609. The molecule has 6 heteroatoms. The maximum atomic E-state index is 12.9. The quantitative estimate of drug-likeness (QED) is 0.0343. The second kappa shape index (κ2) is 60.3. The summed E-state index contributed by atoms with van der Waals surface area (Å²) >= 11 is 0. The predicted molar refractivity (Wildman–Crippen MR) is 312 cm³/mol. The molecule has 0 rings (SSSR count). The number of esters is 3. The first-order valence-corrected chi connectivity index (χ1v) is 32.9. The van der Waals surface area contributed by atoms with Crippen LogP contribution in [0.3, 0.4) is 0 Å². The van der Waals surface area contributed by atoms with Gasteiger partial charge in [0.1, 0.15) is 13.2 Å². The van der Waals surface area contributed by atoms with Crippen molar-refractivity contribution in [2.24, 2.45) is 5.92 Å². The summed E-state index contributed by atoms with van der Waals surface area (Å²) in [6.07, 6.45) is 68.1. The fourth-order valence-corrected chi connectivity index (χ4v) is 10.3. The zero-order chi connectivity index (χ0) is 52.3. The molecule has 0 saturated carbocycles. The van der Waals surface area contributed by atoms with Gasteiger partial charge < -0.3 is 14.2 Å². The summed E-state index contributed by atoms with van der Waals surface area (Å²) in [5, 5.41) is 0. The molecular formula is C66H128O6. The Hall–Kier alpha value is -1.59. The number of rotatable bonds is 61. The molecule has 0 heterocycles. The van der Waals surface area contributed by atoms with Crippen LogP contribution in [0.15, 0.2) is 0 Å². The van der Waals surface area contributed by atoms with Gasteiger partial charge in [0.2, 0.25) is 0 Å². The van der Waals surface area contributed by atoms with Crippen LogP contribution in [0.25, 0.3) is 0 Å². The molecule has 0 aromatic heterocycles. The van der Waals surface area contributed by atoms with Crippen LogP contribution < -0.4 is 0 Å². The fraction of sp³-hybridized carbons (Fsp3) is 0.955. The van der Waals surface area contributed by atoms with E-state index in [0.29, 0.717) is 19.3 Å². The van der Waals surface area contributed by atoms with E-state index < -0.39 is 6.10 Å². The van der Waals surface area contributed by atoms with Crippen LogP contribution in [-0.2, 0) is 28.6 Å². The van der Waals surface area contributed by atoms with Crippen LogP contribution in [0.1, 0.15) is 381 Å². The monoisotopic (exact) mass is 1020 g/mol. The Labute approximate surface area is 450 Å². The lowest BCUT2D eigenvalue weighted by atomic mass is 9.99. The molecular weight excluding hydrogens is 889 g/mol. The van der Waals surface area contributed by atoms with Gasteiger partial charge in [-0.3, -0.25) is 14.4 Å². The summed E-state index contributed by atoms with van der Waals surface area (Å²) in [6.45, 7) is 9.14. The SMILES string of the molecule is CCCCCCCCCCCCCCCCCCCC(=O)OC[C@@H](COC(=O)CCCCCCCCCCCCCCCCC)OC(=O)CCCCCCCCCCCCCCCCCCCCC(C)CC. The first kappa shape index (κ1) is 70.4. The van der Waals surface area contributed by atoms with E-state index in [1.807, 2.05) is 0 Å². The number of unbranched alkanes of at least 4 members (excludes halogenated alkanes) is 47. The molecule has 0 N–H and O–H groups in total. The Balaban J connectivity index is 4.26. The lowest BCUT2D eigenvalue weighted by molar-refractivity contribution is -0.167. The maximum absolute atomic E-state index is 12.9. The summed E-state index contributed by atoms with van der Waals surface area (Å²) in [7, 11) is 0. The van der Waals surface area contributed by atoms with Crippen molar-refractivity contribution in [3.8, 4) is 0 Å². The summed E-state index contributed by atoms with van der Waals surface area (Å²) in [6, 6.07) is 0. The molecule has 0 aromatic rings. The molecule has 0 fully saturated rings. The number of hydrogen-bond donors (Lipinski definition) is 0. The Bertz CT molecular complexity index is 1090. The third-order valence-electron chi connectivity index (χ3n) is 15.7. The van der Waals surface area contributed by atoms with Crippen LogP contribution in [0, 0.1) is 5.92 Å². The number of hydrogen-bond acceptors (Lipinski definition) is 6. The number of carbonyl (C=O) groups excluding carboxylic acids is 3. The number of ether oxygens (including phenoxy) is 3. The van der Waals surface area contributed by atoms with Gasteiger partial charge in [-0.05, 0) is 25.2 Å². The highest BCUT2D eigenvalue weighted by Gasteiger charge is 2.19. The third-order valence-corrected chi connectivity index (χ3v) is 15.7. The van der Waals surface area contributed by atoms with Crippen LogP contribution in [0.2, 0.25) is 0 Å². The molecule has 0 spiro atoms. The fourth-order valence-electron chi connectivity index (χ4n) is 10.3. The first-order chi connectivity index (χ1) is 35.4. The minimum Gasteiger partial charge on any atom is -0.462 e. The van der Waals surface area contributed by atoms with E-state index in [2.05, 4.69) is 27.7 Å². The van der Waals surface area contributed by atoms with Gasteiger partial charge in [0.25, 0.3) is 0 Å². The lowest BCUT2D eigenvalue weighted by Crippen LogP contribution is -2.30. The van der Waals surface area contributed by atoms with Gasteiger partial charge in [0.15, 0.2) is 6.10 Å². The zero-order valence-corrected chi connectivity index (χ0v) is 49.4. The molecule has 6 nitrogen and oxygen atoms in total. The van der Waals surface area contributed by atoms with Gasteiger partial charge in [-0.2, -0.15) is 0 Å². The Kier molecular flexibility index (Phi) is 58.9. The predicted octanol–water partition coefficient (Wildman–Crippen LogP) is 22.1. The highest BCUT2D eigenvalue weighted by molar-refractivity contribution is 5.71.